The average molecular weight is 381 g/mol. The molecule has 0 saturated carbocycles. The van der Waals surface area contributed by atoms with Crippen LogP contribution in [0.25, 0.3) is 0 Å². The predicted octanol–water partition coefficient (Wildman–Crippen LogP) is 2.73. The maximum atomic E-state index is 12.7. The molecule has 0 aliphatic carbocycles. The number of rotatable bonds is 6. The van der Waals surface area contributed by atoms with Crippen molar-refractivity contribution in [2.24, 2.45) is 0 Å². The molecule has 0 N–H and O–H groups in total. The molecule has 134 valence electrons. The third kappa shape index (κ3) is 4.52. The first kappa shape index (κ1) is 18.2. The highest BCUT2D eigenvalue weighted by Gasteiger charge is 2.29. The Morgan fingerprint density at radius 3 is 2.24 bits per heavy atom. The van der Waals surface area contributed by atoms with E-state index < -0.39 is 10.0 Å². The summed E-state index contributed by atoms with van der Waals surface area (Å²) < 4.78 is 32.6. The van der Waals surface area contributed by atoms with Crippen molar-refractivity contribution in [2.45, 2.75) is 4.90 Å². The molecular weight excluding hydrogens is 360 g/mol. The molecule has 2 aromatic carbocycles. The van der Waals surface area contributed by atoms with Crippen LogP contribution in [0.3, 0.4) is 0 Å². The minimum Gasteiger partial charge on any atom is -0.492 e. The minimum absolute atomic E-state index is 0.178. The molecule has 0 radical (unpaired) electrons. The highest BCUT2D eigenvalue weighted by molar-refractivity contribution is 7.89. The standard InChI is InChI=1S/C18H21ClN2O3S/c19-17-8-4-5-9-18(17)25(22,23)21-12-10-20(11-13-21)14-15-24-16-6-2-1-3-7-16/h1-9H,10-15H2. The lowest BCUT2D eigenvalue weighted by Gasteiger charge is -2.33. The lowest BCUT2D eigenvalue weighted by Crippen LogP contribution is -2.49. The Labute approximate surface area is 153 Å². The lowest BCUT2D eigenvalue weighted by molar-refractivity contribution is 0.159. The first-order valence-electron chi connectivity index (χ1n) is 8.22. The number of para-hydroxylation sites is 1. The number of sulfonamides is 1. The van der Waals surface area contributed by atoms with Gasteiger partial charge in [0.1, 0.15) is 17.3 Å². The summed E-state index contributed by atoms with van der Waals surface area (Å²) >= 11 is 6.05. The Kier molecular flexibility index (Phi) is 5.96. The van der Waals surface area contributed by atoms with Crippen molar-refractivity contribution >= 4 is 21.6 Å². The molecule has 5 nitrogen and oxygen atoms in total. The number of hydrogen-bond donors (Lipinski definition) is 0. The molecular formula is C18H21ClN2O3S. The number of nitrogens with zero attached hydrogens (tertiary/aromatic N) is 2. The Bertz CT molecular complexity index is 791. The van der Waals surface area contributed by atoms with Crippen LogP contribution >= 0.6 is 11.6 Å². The van der Waals surface area contributed by atoms with E-state index in [0.717, 1.165) is 12.3 Å². The van der Waals surface area contributed by atoms with Crippen LogP contribution in [0.5, 0.6) is 5.75 Å². The van der Waals surface area contributed by atoms with E-state index in [0.29, 0.717) is 32.8 Å². The first-order valence-corrected chi connectivity index (χ1v) is 10.0. The second kappa shape index (κ2) is 8.19. The minimum atomic E-state index is -3.54. The summed E-state index contributed by atoms with van der Waals surface area (Å²) in [5, 5.41) is 0.265. The van der Waals surface area contributed by atoms with Gasteiger partial charge in [-0.1, -0.05) is 41.9 Å². The van der Waals surface area contributed by atoms with Crippen molar-refractivity contribution in [3.05, 3.63) is 59.6 Å². The largest absolute Gasteiger partial charge is 0.492 e. The van der Waals surface area contributed by atoms with E-state index in [1.165, 1.54) is 4.31 Å². The van der Waals surface area contributed by atoms with Crippen LogP contribution in [0, 0.1) is 0 Å². The second-order valence-corrected chi connectivity index (χ2v) is 8.15. The fraction of sp³-hybridized carbons (Fsp3) is 0.333. The summed E-state index contributed by atoms with van der Waals surface area (Å²) in [4.78, 5) is 2.39. The molecule has 2 aromatic rings. The molecule has 0 amide bonds. The van der Waals surface area contributed by atoms with E-state index >= 15 is 0 Å². The Morgan fingerprint density at radius 1 is 0.920 bits per heavy atom. The Balaban J connectivity index is 1.51. The van der Waals surface area contributed by atoms with Crippen LogP contribution in [-0.4, -0.2) is 57.0 Å². The molecule has 0 spiro atoms. The molecule has 1 aliphatic rings. The second-order valence-electron chi connectivity index (χ2n) is 5.84. The monoisotopic (exact) mass is 380 g/mol. The predicted molar refractivity (Wildman–Crippen MR) is 98.6 cm³/mol. The number of piperazine rings is 1. The molecule has 0 aromatic heterocycles. The zero-order valence-electron chi connectivity index (χ0n) is 13.8. The van der Waals surface area contributed by atoms with E-state index in [9.17, 15) is 8.42 Å². The zero-order chi connectivity index (χ0) is 17.7. The molecule has 0 bridgehead atoms. The summed E-state index contributed by atoms with van der Waals surface area (Å²) in [5.74, 6) is 0.849. The quantitative estimate of drug-likeness (QED) is 0.773. The van der Waals surface area contributed by atoms with Crippen LogP contribution in [0.2, 0.25) is 5.02 Å². The fourth-order valence-electron chi connectivity index (χ4n) is 2.80. The van der Waals surface area contributed by atoms with E-state index in [-0.39, 0.29) is 9.92 Å². The van der Waals surface area contributed by atoms with Crippen LogP contribution in [0.1, 0.15) is 0 Å². The molecule has 1 fully saturated rings. The summed E-state index contributed by atoms with van der Waals surface area (Å²) in [6.45, 7) is 3.64. The van der Waals surface area contributed by atoms with Crippen molar-refractivity contribution in [3.63, 3.8) is 0 Å². The number of ether oxygens (including phenoxy) is 1. The summed E-state index contributed by atoms with van der Waals surface area (Å²) in [5.41, 5.74) is 0. The summed E-state index contributed by atoms with van der Waals surface area (Å²) in [6.07, 6.45) is 0. The molecule has 1 saturated heterocycles. The Hall–Kier alpha value is -1.60. The van der Waals surface area contributed by atoms with Gasteiger partial charge < -0.3 is 4.74 Å². The van der Waals surface area contributed by atoms with Crippen LogP contribution in [0.15, 0.2) is 59.5 Å². The zero-order valence-corrected chi connectivity index (χ0v) is 15.4. The molecule has 1 heterocycles. The van der Waals surface area contributed by atoms with E-state index in [2.05, 4.69) is 4.90 Å². The van der Waals surface area contributed by atoms with E-state index in [1.54, 1.807) is 24.3 Å². The van der Waals surface area contributed by atoms with E-state index in [1.807, 2.05) is 30.3 Å². The van der Waals surface area contributed by atoms with Gasteiger partial charge in [-0.05, 0) is 24.3 Å². The maximum Gasteiger partial charge on any atom is 0.244 e. The fourth-order valence-corrected chi connectivity index (χ4v) is 4.71. The molecule has 0 atom stereocenters. The van der Waals surface area contributed by atoms with Gasteiger partial charge in [-0.3, -0.25) is 4.90 Å². The molecule has 3 rings (SSSR count). The van der Waals surface area contributed by atoms with Crippen LogP contribution in [-0.2, 0) is 10.0 Å². The van der Waals surface area contributed by atoms with Crippen molar-refractivity contribution in [2.75, 3.05) is 39.3 Å². The number of halogens is 1. The first-order chi connectivity index (χ1) is 12.1. The van der Waals surface area contributed by atoms with Crippen molar-refractivity contribution < 1.29 is 13.2 Å². The third-order valence-electron chi connectivity index (χ3n) is 4.21. The van der Waals surface area contributed by atoms with Gasteiger partial charge in [0.2, 0.25) is 10.0 Å². The number of benzene rings is 2. The highest BCUT2D eigenvalue weighted by Crippen LogP contribution is 2.24. The van der Waals surface area contributed by atoms with Crippen LogP contribution < -0.4 is 4.74 Å². The van der Waals surface area contributed by atoms with Gasteiger partial charge >= 0.3 is 0 Å². The maximum absolute atomic E-state index is 12.7. The lowest BCUT2D eigenvalue weighted by atomic mass is 10.3. The van der Waals surface area contributed by atoms with Crippen LogP contribution in [0.4, 0.5) is 0 Å². The topological polar surface area (TPSA) is 49.9 Å². The summed E-state index contributed by atoms with van der Waals surface area (Å²) in [6, 6.07) is 16.3. The highest BCUT2D eigenvalue weighted by atomic mass is 35.5. The van der Waals surface area contributed by atoms with Crippen molar-refractivity contribution in [3.8, 4) is 5.75 Å². The van der Waals surface area contributed by atoms with Gasteiger partial charge in [0.15, 0.2) is 0 Å². The van der Waals surface area contributed by atoms with E-state index in [4.69, 9.17) is 16.3 Å². The smallest absolute Gasteiger partial charge is 0.244 e. The molecule has 25 heavy (non-hydrogen) atoms. The molecule has 7 heteroatoms. The SMILES string of the molecule is O=S(=O)(c1ccccc1Cl)N1CCN(CCOc2ccccc2)CC1. The Morgan fingerprint density at radius 2 is 1.56 bits per heavy atom. The summed E-state index contributed by atoms with van der Waals surface area (Å²) in [7, 11) is -3.54. The average Bonchev–Trinajstić information content (AvgIpc) is 2.63. The van der Waals surface area contributed by atoms with Gasteiger partial charge in [0.05, 0.1) is 5.02 Å². The van der Waals surface area contributed by atoms with Gasteiger partial charge in [-0.25, -0.2) is 8.42 Å². The van der Waals surface area contributed by atoms with Gasteiger partial charge in [0, 0.05) is 32.7 Å². The van der Waals surface area contributed by atoms with Gasteiger partial charge in [-0.2, -0.15) is 4.31 Å². The van der Waals surface area contributed by atoms with Gasteiger partial charge in [-0.15, -0.1) is 0 Å². The van der Waals surface area contributed by atoms with Crippen molar-refractivity contribution in [1.82, 2.24) is 9.21 Å². The third-order valence-corrected chi connectivity index (χ3v) is 6.60. The van der Waals surface area contributed by atoms with Gasteiger partial charge in [0.25, 0.3) is 0 Å². The van der Waals surface area contributed by atoms with Crippen molar-refractivity contribution in [1.29, 1.82) is 0 Å². The number of hydrogen-bond acceptors (Lipinski definition) is 4. The normalized spacial score (nSPS) is 16.7. The molecule has 0 unspecified atom stereocenters. The molecule has 1 aliphatic heterocycles.